The molecular weight excluding hydrogens is 318 g/mol. The molecule has 0 unspecified atom stereocenters. The minimum absolute atomic E-state index is 0.405. The number of tetrazole rings is 1. The number of rotatable bonds is 2. The van der Waals surface area contributed by atoms with Crippen molar-refractivity contribution in [2.45, 2.75) is 44.6 Å². The minimum Gasteiger partial charge on any atom is -0.399 e. The van der Waals surface area contributed by atoms with E-state index in [1.807, 2.05) is 22.9 Å². The Kier molecular flexibility index (Phi) is 4.00. The lowest BCUT2D eigenvalue weighted by Crippen LogP contribution is -2.11. The fraction of sp³-hybridized carbons (Fsp3) is 0.500. The second-order valence-corrected chi connectivity index (χ2v) is 6.28. The molecular formula is C14H18BrN5. The summed E-state index contributed by atoms with van der Waals surface area (Å²) in [6, 6.07) is 6.21. The predicted molar refractivity (Wildman–Crippen MR) is 82.1 cm³/mol. The maximum atomic E-state index is 5.91. The molecule has 5 nitrogen and oxygen atoms in total. The third-order valence-electron chi connectivity index (χ3n) is 3.84. The molecule has 1 aromatic heterocycles. The van der Waals surface area contributed by atoms with Crippen LogP contribution in [0, 0.1) is 0 Å². The number of benzene rings is 1. The first-order valence-corrected chi connectivity index (χ1v) is 7.87. The molecule has 0 amide bonds. The predicted octanol–water partition coefficient (Wildman–Crippen LogP) is 3.58. The highest BCUT2D eigenvalue weighted by Crippen LogP contribution is 2.31. The van der Waals surface area contributed by atoms with Gasteiger partial charge < -0.3 is 5.73 Å². The van der Waals surface area contributed by atoms with Gasteiger partial charge in [-0.25, -0.2) is 4.68 Å². The summed E-state index contributed by atoms with van der Waals surface area (Å²) >= 11 is 3.47. The molecule has 2 aromatic rings. The molecule has 2 N–H and O–H groups in total. The number of aromatic nitrogens is 4. The van der Waals surface area contributed by atoms with Crippen LogP contribution < -0.4 is 5.73 Å². The molecule has 3 rings (SSSR count). The van der Waals surface area contributed by atoms with Crippen molar-refractivity contribution in [3.05, 3.63) is 22.7 Å². The van der Waals surface area contributed by atoms with Crippen LogP contribution in [0.2, 0.25) is 0 Å². The van der Waals surface area contributed by atoms with E-state index < -0.39 is 0 Å². The van der Waals surface area contributed by atoms with E-state index in [1.54, 1.807) is 0 Å². The summed E-state index contributed by atoms with van der Waals surface area (Å²) < 4.78 is 2.93. The highest BCUT2D eigenvalue weighted by molar-refractivity contribution is 9.10. The number of nitrogens with two attached hydrogens (primary N) is 1. The Morgan fingerprint density at radius 2 is 1.85 bits per heavy atom. The molecule has 1 aromatic carbocycles. The smallest absolute Gasteiger partial charge is 0.182 e. The zero-order valence-electron chi connectivity index (χ0n) is 11.3. The second kappa shape index (κ2) is 5.91. The summed E-state index contributed by atoms with van der Waals surface area (Å²) in [5.41, 5.74) is 7.59. The van der Waals surface area contributed by atoms with Crippen molar-refractivity contribution < 1.29 is 0 Å². The molecule has 0 aliphatic heterocycles. The van der Waals surface area contributed by atoms with E-state index in [2.05, 4.69) is 31.5 Å². The zero-order chi connectivity index (χ0) is 13.9. The van der Waals surface area contributed by atoms with Gasteiger partial charge in [-0.3, -0.25) is 0 Å². The SMILES string of the molecule is Nc1cc(Br)cc(-c2nnnn2C2CCCCCC2)c1. The van der Waals surface area contributed by atoms with Gasteiger partial charge in [-0.2, -0.15) is 0 Å². The zero-order valence-corrected chi connectivity index (χ0v) is 12.9. The van der Waals surface area contributed by atoms with Crippen LogP contribution in [-0.2, 0) is 0 Å². The van der Waals surface area contributed by atoms with Gasteiger partial charge in [-0.05, 0) is 41.5 Å². The van der Waals surface area contributed by atoms with Crippen LogP contribution in [0.4, 0.5) is 5.69 Å². The van der Waals surface area contributed by atoms with E-state index in [-0.39, 0.29) is 0 Å². The summed E-state index contributed by atoms with van der Waals surface area (Å²) in [5, 5.41) is 12.3. The molecule has 1 heterocycles. The molecule has 1 saturated carbocycles. The van der Waals surface area contributed by atoms with Crippen molar-refractivity contribution in [1.29, 1.82) is 0 Å². The van der Waals surface area contributed by atoms with E-state index in [1.165, 1.54) is 25.7 Å². The van der Waals surface area contributed by atoms with Crippen molar-refractivity contribution >= 4 is 21.6 Å². The van der Waals surface area contributed by atoms with Gasteiger partial charge in [0.05, 0.1) is 6.04 Å². The Morgan fingerprint density at radius 1 is 1.10 bits per heavy atom. The maximum absolute atomic E-state index is 5.91. The third-order valence-corrected chi connectivity index (χ3v) is 4.30. The highest BCUT2D eigenvalue weighted by Gasteiger charge is 2.20. The number of nitrogens with zero attached hydrogens (tertiary/aromatic N) is 4. The third kappa shape index (κ3) is 2.85. The Morgan fingerprint density at radius 3 is 2.55 bits per heavy atom. The van der Waals surface area contributed by atoms with Crippen LogP contribution >= 0.6 is 15.9 Å². The van der Waals surface area contributed by atoms with Crippen LogP contribution in [-0.4, -0.2) is 20.2 Å². The standard InChI is InChI=1S/C14H18BrN5/c15-11-7-10(8-12(16)9-11)14-17-18-19-20(14)13-5-3-1-2-4-6-13/h7-9,13H,1-6,16H2. The van der Waals surface area contributed by atoms with Gasteiger partial charge in [-0.1, -0.05) is 41.6 Å². The Hall–Kier alpha value is -1.43. The molecule has 0 bridgehead atoms. The fourth-order valence-corrected chi connectivity index (χ4v) is 3.38. The number of anilines is 1. The summed E-state index contributed by atoms with van der Waals surface area (Å²) in [6.07, 6.45) is 7.45. The molecule has 0 atom stereocenters. The van der Waals surface area contributed by atoms with Gasteiger partial charge in [0.2, 0.25) is 0 Å². The van der Waals surface area contributed by atoms with Gasteiger partial charge >= 0.3 is 0 Å². The van der Waals surface area contributed by atoms with Crippen molar-refractivity contribution in [2.75, 3.05) is 5.73 Å². The van der Waals surface area contributed by atoms with E-state index in [0.29, 0.717) is 11.7 Å². The summed E-state index contributed by atoms with van der Waals surface area (Å²) in [4.78, 5) is 0. The van der Waals surface area contributed by atoms with Crippen LogP contribution in [0.3, 0.4) is 0 Å². The summed E-state index contributed by atoms with van der Waals surface area (Å²) in [6.45, 7) is 0. The quantitative estimate of drug-likeness (QED) is 0.672. The van der Waals surface area contributed by atoms with Gasteiger partial charge in [-0.15, -0.1) is 5.10 Å². The van der Waals surface area contributed by atoms with Gasteiger partial charge in [0.1, 0.15) is 0 Å². The molecule has 0 spiro atoms. The molecule has 106 valence electrons. The van der Waals surface area contributed by atoms with Crippen molar-refractivity contribution in [3.63, 3.8) is 0 Å². The number of hydrogen-bond donors (Lipinski definition) is 1. The molecule has 1 aliphatic rings. The van der Waals surface area contributed by atoms with E-state index in [4.69, 9.17) is 5.73 Å². The lowest BCUT2D eigenvalue weighted by atomic mass is 10.1. The molecule has 0 radical (unpaired) electrons. The molecule has 1 aliphatic carbocycles. The molecule has 0 saturated heterocycles. The first kappa shape index (κ1) is 13.5. The average Bonchev–Trinajstić information content (AvgIpc) is 2.73. The topological polar surface area (TPSA) is 69.6 Å². The van der Waals surface area contributed by atoms with E-state index in [0.717, 1.165) is 28.7 Å². The van der Waals surface area contributed by atoms with Crippen molar-refractivity contribution in [3.8, 4) is 11.4 Å². The lowest BCUT2D eigenvalue weighted by Gasteiger charge is -2.16. The summed E-state index contributed by atoms with van der Waals surface area (Å²) in [5.74, 6) is 0.810. The van der Waals surface area contributed by atoms with Crippen LogP contribution in [0.5, 0.6) is 0 Å². The Bertz CT molecular complexity index is 567. The monoisotopic (exact) mass is 335 g/mol. The number of hydrogen-bond acceptors (Lipinski definition) is 4. The maximum Gasteiger partial charge on any atom is 0.182 e. The highest BCUT2D eigenvalue weighted by atomic mass is 79.9. The fourth-order valence-electron chi connectivity index (χ4n) is 2.87. The largest absolute Gasteiger partial charge is 0.399 e. The van der Waals surface area contributed by atoms with Gasteiger partial charge in [0, 0.05) is 15.7 Å². The van der Waals surface area contributed by atoms with Gasteiger partial charge in [0.15, 0.2) is 5.82 Å². The normalized spacial score (nSPS) is 17.1. The van der Waals surface area contributed by atoms with E-state index >= 15 is 0 Å². The van der Waals surface area contributed by atoms with Crippen LogP contribution in [0.15, 0.2) is 22.7 Å². The van der Waals surface area contributed by atoms with Crippen LogP contribution in [0.25, 0.3) is 11.4 Å². The number of halogens is 1. The van der Waals surface area contributed by atoms with Crippen molar-refractivity contribution in [2.24, 2.45) is 0 Å². The molecule has 1 fully saturated rings. The summed E-state index contributed by atoms with van der Waals surface area (Å²) in [7, 11) is 0. The number of nitrogen functional groups attached to an aromatic ring is 1. The first-order valence-electron chi connectivity index (χ1n) is 7.08. The Labute approximate surface area is 126 Å². The second-order valence-electron chi connectivity index (χ2n) is 5.37. The lowest BCUT2D eigenvalue weighted by molar-refractivity contribution is 0.400. The first-order chi connectivity index (χ1) is 9.74. The van der Waals surface area contributed by atoms with E-state index in [9.17, 15) is 0 Å². The van der Waals surface area contributed by atoms with Gasteiger partial charge in [0.25, 0.3) is 0 Å². The van der Waals surface area contributed by atoms with Crippen molar-refractivity contribution in [1.82, 2.24) is 20.2 Å². The molecule has 6 heteroatoms. The molecule has 20 heavy (non-hydrogen) atoms. The Balaban J connectivity index is 1.96. The average molecular weight is 336 g/mol. The minimum atomic E-state index is 0.405. The van der Waals surface area contributed by atoms with Crippen LogP contribution in [0.1, 0.15) is 44.6 Å².